The lowest BCUT2D eigenvalue weighted by atomic mass is 10.1. The number of H-pyrrole nitrogens is 1. The van der Waals surface area contributed by atoms with Crippen LogP contribution in [0.5, 0.6) is 5.88 Å². The molecule has 0 aliphatic carbocycles. The average Bonchev–Trinajstić information content (AvgIpc) is 3.45. The van der Waals surface area contributed by atoms with Crippen molar-refractivity contribution >= 4 is 26.7 Å². The van der Waals surface area contributed by atoms with Gasteiger partial charge in [-0.15, -0.1) is 0 Å². The van der Waals surface area contributed by atoms with Crippen molar-refractivity contribution in [3.8, 4) is 17.1 Å². The highest BCUT2D eigenvalue weighted by atomic mass is 32.2. The number of pyridine rings is 2. The fourth-order valence-corrected chi connectivity index (χ4v) is 5.50. The number of nitrogens with zero attached hydrogens (tertiary/aromatic N) is 6. The molecule has 0 atom stereocenters. The fourth-order valence-electron chi connectivity index (χ4n) is 4.00. The SMILES string of the molecule is Cc1oncc1S(=O)(=O)N1CCN(c2cc(-c3n[nH]c4cnc(OC(C)C)cc34)ccn2)CC1. The monoisotopic (exact) mass is 483 g/mol. The summed E-state index contributed by atoms with van der Waals surface area (Å²) in [5, 5.41) is 12.0. The number of aromatic amines is 1. The molecule has 1 fully saturated rings. The van der Waals surface area contributed by atoms with E-state index >= 15 is 0 Å². The first kappa shape index (κ1) is 22.3. The standard InChI is InChI=1S/C22H25N7O4S/c1-14(2)32-21-11-17-18(12-24-21)26-27-22(17)16-4-5-23-20(10-16)28-6-8-29(9-7-28)34(30,31)19-13-25-33-15(19)3/h4-5,10-14H,6-9H2,1-3H3,(H,26,27). The summed E-state index contributed by atoms with van der Waals surface area (Å²) in [5.41, 5.74) is 2.49. The number of piperazine rings is 1. The molecule has 0 bridgehead atoms. The van der Waals surface area contributed by atoms with Crippen LogP contribution in [-0.2, 0) is 10.0 Å². The highest BCUT2D eigenvalue weighted by Crippen LogP contribution is 2.30. The van der Waals surface area contributed by atoms with Gasteiger partial charge in [-0.05, 0) is 32.9 Å². The van der Waals surface area contributed by atoms with Gasteiger partial charge >= 0.3 is 0 Å². The molecule has 0 aromatic carbocycles. The normalized spacial score (nSPS) is 15.4. The summed E-state index contributed by atoms with van der Waals surface area (Å²) in [6.45, 7) is 7.20. The zero-order chi connectivity index (χ0) is 23.9. The van der Waals surface area contributed by atoms with Crippen LogP contribution in [0.3, 0.4) is 0 Å². The number of anilines is 1. The molecular weight excluding hydrogens is 458 g/mol. The largest absolute Gasteiger partial charge is 0.475 e. The predicted molar refractivity (Wildman–Crippen MR) is 125 cm³/mol. The minimum absolute atomic E-state index is 0.0176. The van der Waals surface area contributed by atoms with Gasteiger partial charge in [-0.1, -0.05) is 5.16 Å². The van der Waals surface area contributed by atoms with Gasteiger partial charge in [0.2, 0.25) is 15.9 Å². The number of fused-ring (bicyclic) bond motifs is 1. The number of aromatic nitrogens is 5. The van der Waals surface area contributed by atoms with Crippen molar-refractivity contribution in [1.82, 2.24) is 29.6 Å². The Balaban J connectivity index is 1.36. The summed E-state index contributed by atoms with van der Waals surface area (Å²) in [6.07, 6.45) is 4.72. The molecule has 0 saturated carbocycles. The first-order valence-corrected chi connectivity index (χ1v) is 12.4. The van der Waals surface area contributed by atoms with E-state index in [0.717, 1.165) is 28.0 Å². The van der Waals surface area contributed by atoms with Gasteiger partial charge in [0.05, 0.1) is 24.0 Å². The Morgan fingerprint density at radius 2 is 1.91 bits per heavy atom. The number of ether oxygens (including phenoxy) is 1. The van der Waals surface area contributed by atoms with E-state index in [1.165, 1.54) is 10.5 Å². The average molecular weight is 484 g/mol. The van der Waals surface area contributed by atoms with Crippen LogP contribution in [0, 0.1) is 6.92 Å². The summed E-state index contributed by atoms with van der Waals surface area (Å²) in [4.78, 5) is 11.0. The Morgan fingerprint density at radius 1 is 1.12 bits per heavy atom. The third-order valence-electron chi connectivity index (χ3n) is 5.68. The Kier molecular flexibility index (Phi) is 5.70. The van der Waals surface area contributed by atoms with Crippen LogP contribution in [0.25, 0.3) is 22.2 Å². The van der Waals surface area contributed by atoms with E-state index in [2.05, 4.69) is 30.2 Å². The second-order valence-electron chi connectivity index (χ2n) is 8.35. The molecule has 1 saturated heterocycles. The first-order chi connectivity index (χ1) is 16.3. The molecule has 0 unspecified atom stereocenters. The van der Waals surface area contributed by atoms with Gasteiger partial charge in [0, 0.05) is 49.4 Å². The highest BCUT2D eigenvalue weighted by molar-refractivity contribution is 7.89. The van der Waals surface area contributed by atoms with Gasteiger partial charge in [-0.2, -0.15) is 9.40 Å². The maximum absolute atomic E-state index is 12.9. The fraction of sp³-hybridized carbons (Fsp3) is 0.364. The van der Waals surface area contributed by atoms with E-state index in [-0.39, 0.29) is 11.0 Å². The smallest absolute Gasteiger partial charge is 0.248 e. The number of sulfonamides is 1. The Morgan fingerprint density at radius 3 is 2.62 bits per heavy atom. The molecule has 34 heavy (non-hydrogen) atoms. The van der Waals surface area contributed by atoms with Crippen molar-refractivity contribution in [2.75, 3.05) is 31.1 Å². The molecule has 0 spiro atoms. The molecule has 178 valence electrons. The van der Waals surface area contributed by atoms with Crippen LogP contribution in [0.1, 0.15) is 19.6 Å². The zero-order valence-corrected chi connectivity index (χ0v) is 19.9. The molecule has 11 nitrogen and oxygen atoms in total. The van der Waals surface area contributed by atoms with Crippen molar-refractivity contribution in [3.05, 3.63) is 42.5 Å². The number of rotatable bonds is 6. The Hall–Kier alpha value is -3.51. The molecule has 1 aliphatic rings. The molecular formula is C22H25N7O4S. The third-order valence-corrected chi connectivity index (χ3v) is 7.68. The van der Waals surface area contributed by atoms with Gasteiger partial charge in [0.15, 0.2) is 5.76 Å². The van der Waals surface area contributed by atoms with Crippen molar-refractivity contribution in [2.45, 2.75) is 31.8 Å². The van der Waals surface area contributed by atoms with Crippen LogP contribution in [0.4, 0.5) is 5.82 Å². The van der Waals surface area contributed by atoms with Crippen molar-refractivity contribution in [1.29, 1.82) is 0 Å². The first-order valence-electron chi connectivity index (χ1n) is 11.0. The van der Waals surface area contributed by atoms with E-state index in [9.17, 15) is 8.42 Å². The number of hydrogen-bond acceptors (Lipinski definition) is 9. The molecule has 0 amide bonds. The lowest BCUT2D eigenvalue weighted by Gasteiger charge is -2.34. The van der Waals surface area contributed by atoms with Gasteiger partial charge in [-0.25, -0.2) is 18.4 Å². The molecule has 0 radical (unpaired) electrons. The topological polar surface area (TPSA) is 130 Å². The molecule has 4 aromatic rings. The minimum atomic E-state index is -3.64. The summed E-state index contributed by atoms with van der Waals surface area (Å²) in [7, 11) is -3.64. The van der Waals surface area contributed by atoms with Gasteiger partial charge in [-0.3, -0.25) is 5.10 Å². The van der Waals surface area contributed by atoms with Crippen LogP contribution in [0.2, 0.25) is 0 Å². The van der Waals surface area contributed by atoms with E-state index in [0.29, 0.717) is 37.8 Å². The molecule has 1 aliphatic heterocycles. The van der Waals surface area contributed by atoms with Crippen molar-refractivity contribution in [3.63, 3.8) is 0 Å². The summed E-state index contributed by atoms with van der Waals surface area (Å²) in [5.74, 6) is 1.60. The van der Waals surface area contributed by atoms with Gasteiger partial charge in [0.1, 0.15) is 16.4 Å². The van der Waals surface area contributed by atoms with Crippen LogP contribution >= 0.6 is 0 Å². The lowest BCUT2D eigenvalue weighted by molar-refractivity contribution is 0.233. The molecule has 1 N–H and O–H groups in total. The lowest BCUT2D eigenvalue weighted by Crippen LogP contribution is -2.49. The molecule has 5 heterocycles. The van der Waals surface area contributed by atoms with Crippen molar-refractivity contribution in [2.24, 2.45) is 0 Å². The zero-order valence-electron chi connectivity index (χ0n) is 19.1. The van der Waals surface area contributed by atoms with E-state index in [1.54, 1.807) is 19.3 Å². The van der Waals surface area contributed by atoms with Gasteiger partial charge < -0.3 is 14.2 Å². The number of nitrogens with one attached hydrogen (secondary N) is 1. The summed E-state index contributed by atoms with van der Waals surface area (Å²) < 4.78 is 37.9. The Labute approximate surface area is 196 Å². The maximum atomic E-state index is 12.9. The minimum Gasteiger partial charge on any atom is -0.475 e. The van der Waals surface area contributed by atoms with E-state index < -0.39 is 10.0 Å². The van der Waals surface area contributed by atoms with Gasteiger partial charge in [0.25, 0.3) is 0 Å². The number of hydrogen-bond donors (Lipinski definition) is 1. The second kappa shape index (κ2) is 8.69. The van der Waals surface area contributed by atoms with Crippen LogP contribution in [-0.4, -0.2) is 70.3 Å². The molecule has 5 rings (SSSR count). The van der Waals surface area contributed by atoms with Crippen molar-refractivity contribution < 1.29 is 17.7 Å². The highest BCUT2D eigenvalue weighted by Gasteiger charge is 2.31. The summed E-state index contributed by atoms with van der Waals surface area (Å²) in [6, 6.07) is 5.75. The number of aryl methyl sites for hydroxylation is 1. The third kappa shape index (κ3) is 4.10. The maximum Gasteiger partial charge on any atom is 0.248 e. The molecule has 12 heteroatoms. The van der Waals surface area contributed by atoms with Crippen LogP contribution < -0.4 is 9.64 Å². The van der Waals surface area contributed by atoms with Crippen LogP contribution in [0.15, 0.2) is 46.2 Å². The quantitative estimate of drug-likeness (QED) is 0.440. The van der Waals surface area contributed by atoms with E-state index in [1.807, 2.05) is 32.0 Å². The predicted octanol–water partition coefficient (Wildman–Crippen LogP) is 2.61. The van der Waals surface area contributed by atoms with E-state index in [4.69, 9.17) is 9.26 Å². The summed E-state index contributed by atoms with van der Waals surface area (Å²) >= 11 is 0. The molecule has 4 aromatic heterocycles. The second-order valence-corrected chi connectivity index (χ2v) is 10.3. The Bertz CT molecular complexity index is 1420.